The fraction of sp³-hybridized carbons (Fsp3) is 0.630. The zero-order valence-electron chi connectivity index (χ0n) is 23.2. The molecule has 0 spiro atoms. The highest BCUT2D eigenvalue weighted by Crippen LogP contribution is 2.32. The Balaban J connectivity index is 3.33. The van der Waals surface area contributed by atoms with Gasteiger partial charge in [0.2, 0.25) is 11.8 Å². The number of nitrogens with zero attached hydrogens (tertiary/aromatic N) is 1. The number of aryl methyl sites for hydroxylation is 1. The van der Waals surface area contributed by atoms with Crippen LogP contribution in [0.3, 0.4) is 0 Å². The van der Waals surface area contributed by atoms with Crippen molar-refractivity contribution in [1.82, 2.24) is 15.5 Å². The normalized spacial score (nSPS) is 12.7. The SMILES string of the molecule is CCCCCN(C(=O)C(C)NC(=O)OC(C)(C)C)C(C(=O)NCCC(=O)OCC)c1cccc(C)c1O. The van der Waals surface area contributed by atoms with E-state index >= 15 is 0 Å². The average Bonchev–Trinajstić information content (AvgIpc) is 2.79. The van der Waals surface area contributed by atoms with Crippen LogP contribution in [0.5, 0.6) is 5.75 Å². The first-order valence-corrected chi connectivity index (χ1v) is 12.8. The smallest absolute Gasteiger partial charge is 0.408 e. The number of hydrogen-bond donors (Lipinski definition) is 3. The predicted octanol–water partition coefficient (Wildman–Crippen LogP) is 3.74. The predicted molar refractivity (Wildman–Crippen MR) is 140 cm³/mol. The van der Waals surface area contributed by atoms with Crippen molar-refractivity contribution in [2.75, 3.05) is 19.7 Å². The number of para-hydroxylation sites is 1. The Morgan fingerprint density at radius 3 is 2.38 bits per heavy atom. The highest BCUT2D eigenvalue weighted by Gasteiger charge is 2.36. The fourth-order valence-corrected chi connectivity index (χ4v) is 3.66. The molecule has 0 aromatic heterocycles. The summed E-state index contributed by atoms with van der Waals surface area (Å²) in [7, 11) is 0. The Kier molecular flexibility index (Phi) is 12.9. The summed E-state index contributed by atoms with van der Waals surface area (Å²) < 4.78 is 10.2. The summed E-state index contributed by atoms with van der Waals surface area (Å²) in [6.07, 6.45) is 1.53. The largest absolute Gasteiger partial charge is 0.507 e. The standard InChI is InChI=1S/C27H43N3O7/c1-8-10-11-17-30(25(34)19(4)29-26(35)37-27(5,6)7)22(20-14-12-13-18(3)23(20)32)24(33)28-16-15-21(31)36-9-2/h12-14,19,22,32H,8-11,15-17H2,1-7H3,(H,28,33)(H,29,35). The molecular weight excluding hydrogens is 478 g/mol. The van der Waals surface area contributed by atoms with Crippen molar-refractivity contribution in [2.24, 2.45) is 0 Å². The minimum absolute atomic E-state index is 0.00342. The first kappa shape index (κ1) is 31.7. The van der Waals surface area contributed by atoms with Crippen molar-refractivity contribution in [3.05, 3.63) is 29.3 Å². The van der Waals surface area contributed by atoms with Crippen molar-refractivity contribution in [2.45, 2.75) is 91.8 Å². The molecule has 1 rings (SSSR count). The van der Waals surface area contributed by atoms with E-state index in [1.165, 1.54) is 11.8 Å². The van der Waals surface area contributed by atoms with Gasteiger partial charge in [0.25, 0.3) is 0 Å². The number of benzene rings is 1. The molecule has 2 atom stereocenters. The van der Waals surface area contributed by atoms with Crippen molar-refractivity contribution < 1.29 is 33.8 Å². The van der Waals surface area contributed by atoms with Gasteiger partial charge in [-0.15, -0.1) is 0 Å². The van der Waals surface area contributed by atoms with Gasteiger partial charge in [-0.1, -0.05) is 38.0 Å². The lowest BCUT2D eigenvalue weighted by Gasteiger charge is -2.34. The maximum Gasteiger partial charge on any atom is 0.408 e. The number of carbonyl (C=O) groups is 4. The molecule has 1 aromatic rings. The third kappa shape index (κ3) is 10.7. The van der Waals surface area contributed by atoms with E-state index < -0.39 is 41.6 Å². The van der Waals surface area contributed by atoms with E-state index in [1.807, 2.05) is 6.92 Å². The number of phenolic OH excluding ortho intramolecular Hbond substituents is 1. The number of hydrogen-bond acceptors (Lipinski definition) is 7. The molecule has 0 saturated carbocycles. The first-order valence-electron chi connectivity index (χ1n) is 12.8. The third-order valence-corrected chi connectivity index (χ3v) is 5.45. The maximum absolute atomic E-state index is 13.6. The number of esters is 1. The van der Waals surface area contributed by atoms with Gasteiger partial charge >= 0.3 is 12.1 Å². The molecule has 2 unspecified atom stereocenters. The summed E-state index contributed by atoms with van der Waals surface area (Å²) >= 11 is 0. The van der Waals surface area contributed by atoms with Crippen LogP contribution in [0.15, 0.2) is 18.2 Å². The fourth-order valence-electron chi connectivity index (χ4n) is 3.66. The Morgan fingerprint density at radius 2 is 1.78 bits per heavy atom. The second-order valence-corrected chi connectivity index (χ2v) is 9.87. The van der Waals surface area contributed by atoms with Crippen LogP contribution in [0.1, 0.15) is 84.4 Å². The molecule has 0 fully saturated rings. The van der Waals surface area contributed by atoms with E-state index in [0.29, 0.717) is 12.0 Å². The molecule has 37 heavy (non-hydrogen) atoms. The number of nitrogens with one attached hydrogen (secondary N) is 2. The van der Waals surface area contributed by atoms with Crippen molar-refractivity contribution in [1.29, 1.82) is 0 Å². The van der Waals surface area contributed by atoms with Gasteiger partial charge in [-0.05, 0) is 53.5 Å². The van der Waals surface area contributed by atoms with Gasteiger partial charge < -0.3 is 30.1 Å². The van der Waals surface area contributed by atoms with E-state index in [0.717, 1.165) is 12.8 Å². The van der Waals surface area contributed by atoms with Gasteiger partial charge in [-0.25, -0.2) is 4.79 Å². The number of phenols is 1. The lowest BCUT2D eigenvalue weighted by molar-refractivity contribution is -0.144. The molecule has 3 N–H and O–H groups in total. The van der Waals surface area contributed by atoms with Crippen LogP contribution in [-0.2, 0) is 23.9 Å². The van der Waals surface area contributed by atoms with Crippen LogP contribution in [0, 0.1) is 6.92 Å². The average molecular weight is 522 g/mol. The highest BCUT2D eigenvalue weighted by molar-refractivity contribution is 5.92. The van der Waals surface area contributed by atoms with Gasteiger partial charge in [-0.3, -0.25) is 14.4 Å². The summed E-state index contributed by atoms with van der Waals surface area (Å²) in [5, 5.41) is 16.1. The molecular formula is C27H43N3O7. The molecule has 0 aliphatic carbocycles. The van der Waals surface area contributed by atoms with Crippen LogP contribution in [-0.4, -0.2) is 65.2 Å². The number of alkyl carbamates (subject to hydrolysis) is 1. The monoisotopic (exact) mass is 521 g/mol. The summed E-state index contributed by atoms with van der Waals surface area (Å²) in [5.74, 6) is -1.62. The number of carbonyl (C=O) groups excluding carboxylic acids is 4. The van der Waals surface area contributed by atoms with E-state index in [1.54, 1.807) is 52.8 Å². The Hall–Kier alpha value is -3.30. The molecule has 1 aromatic carbocycles. The lowest BCUT2D eigenvalue weighted by Crippen LogP contribution is -2.52. The minimum atomic E-state index is -1.19. The second-order valence-electron chi connectivity index (χ2n) is 9.87. The molecule has 10 nitrogen and oxygen atoms in total. The molecule has 0 saturated heterocycles. The topological polar surface area (TPSA) is 134 Å². The van der Waals surface area contributed by atoms with Gasteiger partial charge in [0.15, 0.2) is 0 Å². The van der Waals surface area contributed by atoms with E-state index in [4.69, 9.17) is 9.47 Å². The van der Waals surface area contributed by atoms with E-state index in [-0.39, 0.29) is 37.4 Å². The van der Waals surface area contributed by atoms with Crippen LogP contribution in [0.25, 0.3) is 0 Å². The molecule has 10 heteroatoms. The Labute approximate surface area is 220 Å². The number of ether oxygens (including phenoxy) is 2. The van der Waals surface area contributed by atoms with Crippen molar-refractivity contribution in [3.8, 4) is 5.75 Å². The number of unbranched alkanes of at least 4 members (excludes halogenated alkanes) is 2. The van der Waals surface area contributed by atoms with Crippen LogP contribution < -0.4 is 10.6 Å². The van der Waals surface area contributed by atoms with Crippen LogP contribution in [0.4, 0.5) is 4.79 Å². The zero-order chi connectivity index (χ0) is 28.2. The van der Waals surface area contributed by atoms with Crippen LogP contribution in [0.2, 0.25) is 0 Å². The van der Waals surface area contributed by atoms with Crippen molar-refractivity contribution >= 4 is 23.9 Å². The third-order valence-electron chi connectivity index (χ3n) is 5.45. The summed E-state index contributed by atoms with van der Waals surface area (Å²) in [6.45, 7) is 12.5. The quantitative estimate of drug-likeness (QED) is 0.266. The molecule has 0 aliphatic heterocycles. The maximum atomic E-state index is 13.6. The van der Waals surface area contributed by atoms with Gasteiger partial charge in [-0.2, -0.15) is 0 Å². The first-order chi connectivity index (χ1) is 17.3. The van der Waals surface area contributed by atoms with Crippen LogP contribution >= 0.6 is 0 Å². The Bertz CT molecular complexity index is 927. The number of aromatic hydroxyl groups is 1. The number of rotatable bonds is 13. The van der Waals surface area contributed by atoms with Gasteiger partial charge in [0.1, 0.15) is 23.4 Å². The second kappa shape index (κ2) is 15.1. The highest BCUT2D eigenvalue weighted by atomic mass is 16.6. The molecule has 0 heterocycles. The molecule has 3 amide bonds. The van der Waals surface area contributed by atoms with Crippen molar-refractivity contribution in [3.63, 3.8) is 0 Å². The summed E-state index contributed by atoms with van der Waals surface area (Å²) in [4.78, 5) is 52.5. The lowest BCUT2D eigenvalue weighted by atomic mass is 9.99. The molecule has 208 valence electrons. The van der Waals surface area contributed by atoms with E-state index in [2.05, 4.69) is 10.6 Å². The molecule has 0 radical (unpaired) electrons. The summed E-state index contributed by atoms with van der Waals surface area (Å²) in [5.41, 5.74) is 0.0493. The zero-order valence-corrected chi connectivity index (χ0v) is 23.2. The molecule has 0 aliphatic rings. The van der Waals surface area contributed by atoms with Gasteiger partial charge in [0.05, 0.1) is 13.0 Å². The Morgan fingerprint density at radius 1 is 1.11 bits per heavy atom. The van der Waals surface area contributed by atoms with E-state index in [9.17, 15) is 24.3 Å². The van der Waals surface area contributed by atoms with Gasteiger partial charge in [0, 0.05) is 18.7 Å². The molecule has 0 bridgehead atoms. The summed E-state index contributed by atoms with van der Waals surface area (Å²) in [6, 6.07) is 2.79. The number of amides is 3. The minimum Gasteiger partial charge on any atom is -0.507 e.